The van der Waals surface area contributed by atoms with Gasteiger partial charge in [-0.1, -0.05) is 176 Å². The van der Waals surface area contributed by atoms with Crippen LogP contribution in [0.2, 0.25) is 0 Å². The number of nitrogens with zero attached hydrogens (tertiary/aromatic N) is 2. The van der Waals surface area contributed by atoms with Crippen molar-refractivity contribution in [3.05, 3.63) is 205 Å². The largest absolute Gasteiger partial charge is 0.455 e. The number of rotatable bonds is 6. The third-order valence-electron chi connectivity index (χ3n) is 9.66. The molecule has 53 heavy (non-hydrogen) atoms. The Morgan fingerprint density at radius 1 is 0.509 bits per heavy atom. The Hall–Kier alpha value is -7.17. The zero-order valence-electron chi connectivity index (χ0n) is 28.8. The van der Waals surface area contributed by atoms with Gasteiger partial charge in [-0.2, -0.15) is 0 Å². The van der Waals surface area contributed by atoms with E-state index in [9.17, 15) is 5.41 Å². The van der Waals surface area contributed by atoms with E-state index >= 15 is 0 Å². The first kappa shape index (κ1) is 31.8. The van der Waals surface area contributed by atoms with Gasteiger partial charge in [0.2, 0.25) is 0 Å². The van der Waals surface area contributed by atoms with Crippen molar-refractivity contribution in [1.82, 2.24) is 0 Å². The Labute approximate surface area is 307 Å². The standard InChI is InChI=1S/C49H33N3O/c50-48(44-19-10-20-45-46(44)43-18-9-17-42(47(43)53-45)41-30-29-35-13-7-8-16-40(35)31-41)52-49(39-14-5-2-6-15-39)51-32-33-21-23-36(24-22-33)38-27-25-37(26-28-38)34-11-3-1-4-12-34/h1-32,50H. The molecule has 0 spiro atoms. The molecule has 9 aromatic rings. The van der Waals surface area contributed by atoms with Crippen LogP contribution in [0.3, 0.4) is 0 Å². The van der Waals surface area contributed by atoms with Gasteiger partial charge in [0.1, 0.15) is 11.2 Å². The summed E-state index contributed by atoms with van der Waals surface area (Å²) < 4.78 is 6.53. The van der Waals surface area contributed by atoms with E-state index in [4.69, 9.17) is 14.4 Å². The van der Waals surface area contributed by atoms with Crippen molar-refractivity contribution in [3.8, 4) is 33.4 Å². The van der Waals surface area contributed by atoms with Crippen LogP contribution in [-0.2, 0) is 0 Å². The highest BCUT2D eigenvalue weighted by molar-refractivity contribution is 6.22. The van der Waals surface area contributed by atoms with Gasteiger partial charge in [0.05, 0.1) is 0 Å². The number of furan rings is 1. The third-order valence-corrected chi connectivity index (χ3v) is 9.66. The highest BCUT2D eigenvalue weighted by atomic mass is 16.3. The first-order valence-corrected chi connectivity index (χ1v) is 17.6. The molecule has 8 aromatic carbocycles. The van der Waals surface area contributed by atoms with Gasteiger partial charge < -0.3 is 4.42 Å². The summed E-state index contributed by atoms with van der Waals surface area (Å²) >= 11 is 0. The van der Waals surface area contributed by atoms with Crippen LogP contribution in [0.1, 0.15) is 16.7 Å². The molecule has 250 valence electrons. The van der Waals surface area contributed by atoms with Gasteiger partial charge in [-0.15, -0.1) is 0 Å². The molecule has 1 aromatic heterocycles. The number of aliphatic imine (C=N–C) groups is 2. The third kappa shape index (κ3) is 6.35. The van der Waals surface area contributed by atoms with E-state index in [0.717, 1.165) is 49.7 Å². The minimum Gasteiger partial charge on any atom is -0.455 e. The number of nitrogens with one attached hydrogen (secondary N) is 1. The molecule has 0 bridgehead atoms. The highest BCUT2D eigenvalue weighted by Gasteiger charge is 2.18. The second-order valence-corrected chi connectivity index (χ2v) is 13.0. The summed E-state index contributed by atoms with van der Waals surface area (Å²) in [7, 11) is 0. The van der Waals surface area contributed by atoms with E-state index in [2.05, 4.69) is 133 Å². The van der Waals surface area contributed by atoms with Gasteiger partial charge in [-0.25, -0.2) is 9.98 Å². The predicted molar refractivity (Wildman–Crippen MR) is 221 cm³/mol. The van der Waals surface area contributed by atoms with Gasteiger partial charge in [-0.05, 0) is 56.3 Å². The van der Waals surface area contributed by atoms with Crippen molar-refractivity contribution in [2.45, 2.75) is 0 Å². The van der Waals surface area contributed by atoms with Crippen LogP contribution in [0.25, 0.3) is 66.1 Å². The van der Waals surface area contributed by atoms with Crippen LogP contribution in [-0.4, -0.2) is 17.9 Å². The number of hydrogen-bond donors (Lipinski definition) is 1. The molecule has 0 unspecified atom stereocenters. The van der Waals surface area contributed by atoms with E-state index in [1.165, 1.54) is 21.9 Å². The molecule has 1 heterocycles. The smallest absolute Gasteiger partial charge is 0.161 e. The zero-order valence-corrected chi connectivity index (χ0v) is 28.8. The zero-order chi connectivity index (χ0) is 35.6. The van der Waals surface area contributed by atoms with E-state index in [-0.39, 0.29) is 5.84 Å². The number of hydrogen-bond acceptors (Lipinski definition) is 2. The molecule has 0 aliphatic heterocycles. The Kier molecular flexibility index (Phi) is 8.31. The quantitative estimate of drug-likeness (QED) is 0.138. The van der Waals surface area contributed by atoms with Crippen LogP contribution < -0.4 is 0 Å². The molecule has 0 amide bonds. The summed E-state index contributed by atoms with van der Waals surface area (Å²) in [6.45, 7) is 0. The maximum atomic E-state index is 9.29. The molecule has 1 N–H and O–H groups in total. The number of benzene rings is 8. The lowest BCUT2D eigenvalue weighted by Gasteiger charge is -2.06. The Bertz CT molecular complexity index is 2810. The van der Waals surface area contributed by atoms with Crippen LogP contribution in [0.4, 0.5) is 0 Å². The molecule has 0 aliphatic rings. The molecular weight excluding hydrogens is 647 g/mol. The van der Waals surface area contributed by atoms with Gasteiger partial charge in [0.25, 0.3) is 0 Å². The average molecular weight is 680 g/mol. The summed E-state index contributed by atoms with van der Waals surface area (Å²) in [5, 5.41) is 13.5. The normalized spacial score (nSPS) is 11.9. The van der Waals surface area contributed by atoms with E-state index in [1.807, 2.05) is 60.8 Å². The maximum Gasteiger partial charge on any atom is 0.161 e. The van der Waals surface area contributed by atoms with Crippen LogP contribution in [0, 0.1) is 5.41 Å². The van der Waals surface area contributed by atoms with E-state index in [1.54, 1.807) is 0 Å². The first-order chi connectivity index (χ1) is 26.2. The molecule has 0 fully saturated rings. The average Bonchev–Trinajstić information content (AvgIpc) is 3.62. The van der Waals surface area contributed by atoms with Crippen molar-refractivity contribution in [3.63, 3.8) is 0 Å². The van der Waals surface area contributed by atoms with Crippen molar-refractivity contribution in [1.29, 1.82) is 5.41 Å². The lowest BCUT2D eigenvalue weighted by molar-refractivity contribution is 0.670. The van der Waals surface area contributed by atoms with E-state index in [0.29, 0.717) is 17.0 Å². The van der Waals surface area contributed by atoms with Crippen LogP contribution in [0.15, 0.2) is 202 Å². The van der Waals surface area contributed by atoms with E-state index < -0.39 is 0 Å². The SMILES string of the molecule is N=C(N=C(N=Cc1ccc(-c2ccc(-c3ccccc3)cc2)cc1)c1ccccc1)c1cccc2oc3c(-c4ccc5ccccc5c4)cccc3c12. The second-order valence-electron chi connectivity index (χ2n) is 13.0. The summed E-state index contributed by atoms with van der Waals surface area (Å²) in [5.41, 5.74) is 10.7. The highest BCUT2D eigenvalue weighted by Crippen LogP contribution is 2.38. The van der Waals surface area contributed by atoms with Crippen molar-refractivity contribution < 1.29 is 4.42 Å². The topological polar surface area (TPSA) is 61.7 Å². The fraction of sp³-hybridized carbons (Fsp3) is 0. The molecule has 0 radical (unpaired) electrons. The van der Waals surface area contributed by atoms with Crippen molar-refractivity contribution >= 4 is 50.6 Å². The predicted octanol–water partition coefficient (Wildman–Crippen LogP) is 12.6. The van der Waals surface area contributed by atoms with Crippen LogP contribution in [0.5, 0.6) is 0 Å². The van der Waals surface area contributed by atoms with Gasteiger partial charge in [0, 0.05) is 33.7 Å². The molecule has 4 heteroatoms. The lowest BCUT2D eigenvalue weighted by atomic mass is 9.98. The molecule has 0 atom stereocenters. The number of para-hydroxylation sites is 1. The fourth-order valence-corrected chi connectivity index (χ4v) is 6.93. The molecule has 0 saturated heterocycles. The van der Waals surface area contributed by atoms with Crippen molar-refractivity contribution in [2.75, 3.05) is 0 Å². The summed E-state index contributed by atoms with van der Waals surface area (Å²) in [4.78, 5) is 9.69. The Balaban J connectivity index is 1.04. The van der Waals surface area contributed by atoms with Crippen LogP contribution >= 0.6 is 0 Å². The Morgan fingerprint density at radius 3 is 1.85 bits per heavy atom. The van der Waals surface area contributed by atoms with Gasteiger partial charge in [0.15, 0.2) is 11.7 Å². The van der Waals surface area contributed by atoms with Crippen molar-refractivity contribution in [2.24, 2.45) is 9.98 Å². The fourth-order valence-electron chi connectivity index (χ4n) is 6.93. The molecule has 4 nitrogen and oxygen atoms in total. The molecule has 0 saturated carbocycles. The minimum absolute atomic E-state index is 0.111. The Morgan fingerprint density at radius 2 is 1.11 bits per heavy atom. The minimum atomic E-state index is 0.111. The van der Waals surface area contributed by atoms with Gasteiger partial charge in [-0.3, -0.25) is 5.41 Å². The molecule has 0 aliphatic carbocycles. The summed E-state index contributed by atoms with van der Waals surface area (Å²) in [6, 6.07) is 64.1. The first-order valence-electron chi connectivity index (χ1n) is 17.6. The summed E-state index contributed by atoms with van der Waals surface area (Å²) in [6.07, 6.45) is 1.81. The summed E-state index contributed by atoms with van der Waals surface area (Å²) in [5.74, 6) is 0.567. The second kappa shape index (κ2) is 13.9. The number of amidine groups is 2. The van der Waals surface area contributed by atoms with Gasteiger partial charge >= 0.3 is 0 Å². The molecule has 9 rings (SSSR count). The monoisotopic (exact) mass is 679 g/mol. The lowest BCUT2D eigenvalue weighted by Crippen LogP contribution is -2.05. The maximum absolute atomic E-state index is 9.29. The number of fused-ring (bicyclic) bond motifs is 4. The molecular formula is C49H33N3O.